The maximum Gasteiger partial charge on any atom is 0.145 e. The van der Waals surface area contributed by atoms with Crippen molar-refractivity contribution in [2.75, 3.05) is 36.9 Å². The van der Waals surface area contributed by atoms with Crippen LogP contribution in [0.2, 0.25) is 0 Å². The van der Waals surface area contributed by atoms with Crippen molar-refractivity contribution in [1.29, 1.82) is 0 Å². The molecular formula is C20H29N5O. The fourth-order valence-electron chi connectivity index (χ4n) is 2.99. The molecule has 1 aliphatic heterocycles. The Morgan fingerprint density at radius 3 is 2.69 bits per heavy atom. The van der Waals surface area contributed by atoms with Crippen LogP contribution in [-0.4, -0.2) is 41.3 Å². The van der Waals surface area contributed by atoms with Crippen LogP contribution in [0.1, 0.15) is 32.3 Å². The molecule has 2 N–H and O–H groups in total. The predicted octanol–water partition coefficient (Wildman–Crippen LogP) is 3.75. The molecule has 0 unspecified atom stereocenters. The Kier molecular flexibility index (Phi) is 6.39. The minimum absolute atomic E-state index is 0.569. The number of rotatable bonds is 7. The second-order valence-electron chi connectivity index (χ2n) is 7.39. The van der Waals surface area contributed by atoms with Crippen molar-refractivity contribution in [3.63, 3.8) is 0 Å². The van der Waals surface area contributed by atoms with Crippen molar-refractivity contribution in [2.24, 2.45) is 11.8 Å². The highest BCUT2D eigenvalue weighted by atomic mass is 16.5. The van der Waals surface area contributed by atoms with E-state index in [2.05, 4.69) is 47.4 Å². The summed E-state index contributed by atoms with van der Waals surface area (Å²) < 4.78 is 5.42. The number of aryl methyl sites for hydroxylation is 1. The van der Waals surface area contributed by atoms with E-state index < -0.39 is 0 Å². The number of nitrogens with one attached hydrogen (secondary N) is 2. The summed E-state index contributed by atoms with van der Waals surface area (Å²) in [6, 6.07) is 2.06. The predicted molar refractivity (Wildman–Crippen MR) is 105 cm³/mol. The van der Waals surface area contributed by atoms with Gasteiger partial charge in [-0.1, -0.05) is 13.8 Å². The third kappa shape index (κ3) is 5.14. The van der Waals surface area contributed by atoms with E-state index in [1.165, 1.54) is 0 Å². The average molecular weight is 355 g/mol. The molecule has 0 amide bonds. The van der Waals surface area contributed by atoms with Crippen molar-refractivity contribution in [3.05, 3.63) is 30.2 Å². The molecule has 140 valence electrons. The maximum absolute atomic E-state index is 5.42. The van der Waals surface area contributed by atoms with Crippen molar-refractivity contribution < 1.29 is 4.74 Å². The van der Waals surface area contributed by atoms with Gasteiger partial charge >= 0.3 is 0 Å². The summed E-state index contributed by atoms with van der Waals surface area (Å²) in [5.41, 5.74) is 3.03. The van der Waals surface area contributed by atoms with Crippen molar-refractivity contribution >= 4 is 11.6 Å². The van der Waals surface area contributed by atoms with Crippen LogP contribution in [-0.2, 0) is 4.74 Å². The first kappa shape index (κ1) is 18.6. The average Bonchev–Trinajstić information content (AvgIpc) is 2.67. The second-order valence-corrected chi connectivity index (χ2v) is 7.39. The van der Waals surface area contributed by atoms with Gasteiger partial charge in [0, 0.05) is 38.1 Å². The Balaban J connectivity index is 1.71. The molecule has 26 heavy (non-hydrogen) atoms. The lowest BCUT2D eigenvalue weighted by molar-refractivity contribution is 0.0699. The van der Waals surface area contributed by atoms with Crippen LogP contribution in [0.4, 0.5) is 11.6 Å². The SMILES string of the molecule is Cc1cnc(NCC(C)C)cc1-c1cncc(NCC2CCOCC2)n1. The van der Waals surface area contributed by atoms with Gasteiger partial charge in [0.05, 0.1) is 18.1 Å². The zero-order valence-corrected chi connectivity index (χ0v) is 16.0. The molecule has 6 nitrogen and oxygen atoms in total. The van der Waals surface area contributed by atoms with E-state index in [1.807, 2.05) is 12.4 Å². The van der Waals surface area contributed by atoms with E-state index in [0.29, 0.717) is 11.8 Å². The van der Waals surface area contributed by atoms with Gasteiger partial charge in [-0.25, -0.2) is 9.97 Å². The van der Waals surface area contributed by atoms with E-state index in [-0.39, 0.29) is 0 Å². The molecule has 1 fully saturated rings. The third-order valence-electron chi connectivity index (χ3n) is 4.62. The zero-order valence-electron chi connectivity index (χ0n) is 16.0. The molecule has 0 aliphatic carbocycles. The van der Waals surface area contributed by atoms with Gasteiger partial charge in [-0.3, -0.25) is 4.98 Å². The molecule has 3 rings (SSSR count). The first-order valence-corrected chi connectivity index (χ1v) is 9.46. The maximum atomic E-state index is 5.42. The molecular weight excluding hydrogens is 326 g/mol. The highest BCUT2D eigenvalue weighted by Crippen LogP contribution is 2.24. The minimum Gasteiger partial charge on any atom is -0.381 e. The Morgan fingerprint density at radius 1 is 1.12 bits per heavy atom. The van der Waals surface area contributed by atoms with Gasteiger partial charge in [0.25, 0.3) is 0 Å². The Hall–Kier alpha value is -2.21. The highest BCUT2D eigenvalue weighted by molar-refractivity contribution is 5.67. The molecule has 2 aromatic rings. The van der Waals surface area contributed by atoms with Gasteiger partial charge in [-0.15, -0.1) is 0 Å². The molecule has 1 saturated heterocycles. The lowest BCUT2D eigenvalue weighted by Crippen LogP contribution is -2.23. The van der Waals surface area contributed by atoms with E-state index in [4.69, 9.17) is 9.72 Å². The van der Waals surface area contributed by atoms with Gasteiger partial charge in [-0.05, 0) is 43.2 Å². The van der Waals surface area contributed by atoms with Crippen LogP contribution < -0.4 is 10.6 Å². The fraction of sp³-hybridized carbons (Fsp3) is 0.550. The van der Waals surface area contributed by atoms with Gasteiger partial charge in [0.1, 0.15) is 11.6 Å². The highest BCUT2D eigenvalue weighted by Gasteiger charge is 2.14. The van der Waals surface area contributed by atoms with Gasteiger partial charge < -0.3 is 15.4 Å². The van der Waals surface area contributed by atoms with E-state index in [1.54, 1.807) is 6.20 Å². The Morgan fingerprint density at radius 2 is 1.92 bits per heavy atom. The van der Waals surface area contributed by atoms with E-state index in [0.717, 1.165) is 67.6 Å². The van der Waals surface area contributed by atoms with Crippen LogP contribution in [0.15, 0.2) is 24.7 Å². The largest absolute Gasteiger partial charge is 0.381 e. The van der Waals surface area contributed by atoms with Crippen LogP contribution >= 0.6 is 0 Å². The molecule has 6 heteroatoms. The summed E-state index contributed by atoms with van der Waals surface area (Å²) in [6.07, 6.45) is 7.70. The van der Waals surface area contributed by atoms with E-state index >= 15 is 0 Å². The van der Waals surface area contributed by atoms with Gasteiger partial charge in [0.15, 0.2) is 0 Å². The number of nitrogens with zero attached hydrogens (tertiary/aromatic N) is 3. The summed E-state index contributed by atoms with van der Waals surface area (Å²) in [7, 11) is 0. The normalized spacial score (nSPS) is 15.2. The number of hydrogen-bond donors (Lipinski definition) is 2. The first-order valence-electron chi connectivity index (χ1n) is 9.46. The third-order valence-corrected chi connectivity index (χ3v) is 4.62. The number of anilines is 2. The molecule has 3 heterocycles. The molecule has 0 saturated carbocycles. The monoisotopic (exact) mass is 355 g/mol. The minimum atomic E-state index is 0.569. The smallest absolute Gasteiger partial charge is 0.145 e. The van der Waals surface area contributed by atoms with Crippen LogP contribution in [0.25, 0.3) is 11.3 Å². The summed E-state index contributed by atoms with van der Waals surface area (Å²) in [5, 5.41) is 6.82. The Bertz CT molecular complexity index is 713. The topological polar surface area (TPSA) is 72.0 Å². The summed E-state index contributed by atoms with van der Waals surface area (Å²) in [5.74, 6) is 2.91. The van der Waals surface area contributed by atoms with Crippen molar-refractivity contribution in [2.45, 2.75) is 33.6 Å². The first-order chi connectivity index (χ1) is 12.6. The molecule has 0 bridgehead atoms. The second kappa shape index (κ2) is 8.94. The zero-order chi connectivity index (χ0) is 18.4. The fourth-order valence-corrected chi connectivity index (χ4v) is 2.99. The lowest BCUT2D eigenvalue weighted by atomic mass is 10.0. The molecule has 0 radical (unpaired) electrons. The number of pyridine rings is 1. The molecule has 1 aliphatic rings. The molecule has 2 aromatic heterocycles. The number of ether oxygens (including phenoxy) is 1. The summed E-state index contributed by atoms with van der Waals surface area (Å²) in [6.45, 7) is 9.95. The molecule has 0 aromatic carbocycles. The van der Waals surface area contributed by atoms with Crippen LogP contribution in [0, 0.1) is 18.8 Å². The standard InChI is InChI=1S/C20H29N5O/c1-14(2)9-22-19-8-17(15(3)10-23-19)18-12-21-13-20(25-18)24-11-16-4-6-26-7-5-16/h8,10,12-14,16H,4-7,9,11H2,1-3H3,(H,22,23)(H,24,25). The van der Waals surface area contributed by atoms with Crippen molar-refractivity contribution in [1.82, 2.24) is 15.0 Å². The lowest BCUT2D eigenvalue weighted by Gasteiger charge is -2.22. The van der Waals surface area contributed by atoms with E-state index in [9.17, 15) is 0 Å². The van der Waals surface area contributed by atoms with Gasteiger partial charge in [-0.2, -0.15) is 0 Å². The van der Waals surface area contributed by atoms with Crippen LogP contribution in [0.3, 0.4) is 0 Å². The van der Waals surface area contributed by atoms with Crippen molar-refractivity contribution in [3.8, 4) is 11.3 Å². The summed E-state index contributed by atoms with van der Waals surface area (Å²) in [4.78, 5) is 13.6. The number of hydrogen-bond acceptors (Lipinski definition) is 6. The number of aromatic nitrogens is 3. The van der Waals surface area contributed by atoms with Crippen LogP contribution in [0.5, 0.6) is 0 Å². The Labute approximate surface area is 155 Å². The van der Waals surface area contributed by atoms with Gasteiger partial charge in [0.2, 0.25) is 0 Å². The molecule has 0 spiro atoms. The molecule has 0 atom stereocenters. The quantitative estimate of drug-likeness (QED) is 0.788. The summed E-state index contributed by atoms with van der Waals surface area (Å²) >= 11 is 0.